The molecule has 25 heavy (non-hydrogen) atoms. The molecule has 0 atom stereocenters. The van der Waals surface area contributed by atoms with Gasteiger partial charge in [0.1, 0.15) is 5.75 Å². The smallest absolute Gasteiger partial charge is 0.135 e. The maximum absolute atomic E-state index is 9.44. The second-order valence-corrected chi connectivity index (χ2v) is 7.77. The number of benzene rings is 1. The molecule has 1 aliphatic rings. The van der Waals surface area contributed by atoms with Gasteiger partial charge in [-0.1, -0.05) is 68.5 Å². The number of unbranched alkanes of at least 4 members (excludes halogenated alkanes) is 2. The molecular weight excluding hydrogens is 330 g/mol. The Morgan fingerprint density at radius 1 is 1.08 bits per heavy atom. The molecule has 0 spiro atoms. The van der Waals surface area contributed by atoms with Crippen LogP contribution in [0.15, 0.2) is 36.5 Å². The fourth-order valence-electron chi connectivity index (χ4n) is 4.02. The number of halogens is 1. The lowest BCUT2D eigenvalue weighted by Gasteiger charge is -2.29. The lowest BCUT2D eigenvalue weighted by Crippen LogP contribution is -2.13. The van der Waals surface area contributed by atoms with Crippen LogP contribution in [0.25, 0.3) is 11.3 Å². The molecule has 1 saturated carbocycles. The molecule has 134 valence electrons. The minimum Gasteiger partial charge on any atom is -0.506 e. The summed E-state index contributed by atoms with van der Waals surface area (Å²) < 4.78 is 0. The van der Waals surface area contributed by atoms with Crippen LogP contribution in [0.1, 0.15) is 69.8 Å². The first kappa shape index (κ1) is 18.3. The van der Waals surface area contributed by atoms with E-state index in [-0.39, 0.29) is 5.75 Å². The van der Waals surface area contributed by atoms with Gasteiger partial charge in [0.2, 0.25) is 0 Å². The Kier molecular flexibility index (Phi) is 6.36. The van der Waals surface area contributed by atoms with Crippen molar-refractivity contribution in [2.45, 2.75) is 64.2 Å². The van der Waals surface area contributed by atoms with E-state index >= 15 is 0 Å². The van der Waals surface area contributed by atoms with Gasteiger partial charge in [0.05, 0.1) is 16.9 Å². The fraction of sp³-hybridized carbons (Fsp3) is 0.500. The SMILES string of the molecule is CCCCCC1CCC(c2ccc(-c3ncc(O)cc3Cl)cc2)CC1. The van der Waals surface area contributed by atoms with Gasteiger partial charge in [0.25, 0.3) is 0 Å². The zero-order valence-corrected chi connectivity index (χ0v) is 15.8. The minimum absolute atomic E-state index is 0.0982. The highest BCUT2D eigenvalue weighted by Gasteiger charge is 2.22. The predicted molar refractivity (Wildman–Crippen MR) is 105 cm³/mol. The van der Waals surface area contributed by atoms with Gasteiger partial charge >= 0.3 is 0 Å². The summed E-state index contributed by atoms with van der Waals surface area (Å²) in [6.07, 6.45) is 12.4. The number of aromatic nitrogens is 1. The molecular formula is C22H28ClNO. The molecule has 1 N–H and O–H groups in total. The molecule has 3 rings (SSSR count). The van der Waals surface area contributed by atoms with E-state index in [9.17, 15) is 5.11 Å². The highest BCUT2D eigenvalue weighted by atomic mass is 35.5. The second kappa shape index (κ2) is 8.71. The number of pyridine rings is 1. The van der Waals surface area contributed by atoms with Crippen LogP contribution in [0.4, 0.5) is 0 Å². The monoisotopic (exact) mass is 357 g/mol. The third-order valence-electron chi connectivity index (χ3n) is 5.54. The van der Waals surface area contributed by atoms with Crippen LogP contribution in [-0.2, 0) is 0 Å². The van der Waals surface area contributed by atoms with Gasteiger partial charge < -0.3 is 5.11 Å². The van der Waals surface area contributed by atoms with E-state index < -0.39 is 0 Å². The normalized spacial score (nSPS) is 20.6. The van der Waals surface area contributed by atoms with Crippen molar-refractivity contribution in [2.75, 3.05) is 0 Å². The van der Waals surface area contributed by atoms with Crippen molar-refractivity contribution in [1.82, 2.24) is 4.98 Å². The van der Waals surface area contributed by atoms with Crippen molar-refractivity contribution in [3.8, 4) is 17.0 Å². The van der Waals surface area contributed by atoms with E-state index in [0.29, 0.717) is 10.9 Å². The molecule has 0 amide bonds. The van der Waals surface area contributed by atoms with E-state index in [1.165, 1.54) is 69.2 Å². The summed E-state index contributed by atoms with van der Waals surface area (Å²) in [5, 5.41) is 9.93. The number of hydrogen-bond acceptors (Lipinski definition) is 2. The summed E-state index contributed by atoms with van der Waals surface area (Å²) in [6.45, 7) is 2.28. The van der Waals surface area contributed by atoms with Crippen LogP contribution in [0.2, 0.25) is 5.02 Å². The topological polar surface area (TPSA) is 33.1 Å². The van der Waals surface area contributed by atoms with Gasteiger partial charge in [-0.15, -0.1) is 0 Å². The number of nitrogens with zero attached hydrogens (tertiary/aromatic N) is 1. The lowest BCUT2D eigenvalue weighted by molar-refractivity contribution is 0.303. The van der Waals surface area contributed by atoms with Gasteiger partial charge in [-0.2, -0.15) is 0 Å². The zero-order valence-electron chi connectivity index (χ0n) is 15.0. The van der Waals surface area contributed by atoms with Crippen LogP contribution in [0.3, 0.4) is 0 Å². The van der Waals surface area contributed by atoms with Crippen LogP contribution in [0, 0.1) is 5.92 Å². The molecule has 1 fully saturated rings. The summed E-state index contributed by atoms with van der Waals surface area (Å²) in [4.78, 5) is 4.25. The molecule has 0 unspecified atom stereocenters. The van der Waals surface area contributed by atoms with Gasteiger partial charge in [-0.25, -0.2) is 0 Å². The quantitative estimate of drug-likeness (QED) is 0.566. The van der Waals surface area contributed by atoms with Gasteiger partial charge in [0, 0.05) is 11.6 Å². The maximum Gasteiger partial charge on any atom is 0.135 e. The highest BCUT2D eigenvalue weighted by molar-refractivity contribution is 6.33. The molecule has 0 bridgehead atoms. The van der Waals surface area contributed by atoms with Gasteiger partial charge in [-0.3, -0.25) is 4.98 Å². The number of rotatable bonds is 6. The Bertz CT molecular complexity index is 675. The first-order valence-electron chi connectivity index (χ1n) is 9.62. The molecule has 1 aliphatic carbocycles. The standard InChI is InChI=1S/C22H28ClNO/c1-2-3-4-5-16-6-8-17(9-7-16)18-10-12-19(13-11-18)22-21(23)14-20(25)15-24-22/h10-17,25H,2-9H2,1H3. The zero-order chi connectivity index (χ0) is 17.6. The second-order valence-electron chi connectivity index (χ2n) is 7.36. The molecule has 0 radical (unpaired) electrons. The summed E-state index contributed by atoms with van der Waals surface area (Å²) in [5.74, 6) is 1.74. The lowest BCUT2D eigenvalue weighted by atomic mass is 9.77. The minimum atomic E-state index is 0.0982. The van der Waals surface area contributed by atoms with Crippen molar-refractivity contribution in [3.05, 3.63) is 47.1 Å². The summed E-state index contributed by atoms with van der Waals surface area (Å²) >= 11 is 6.20. The third-order valence-corrected chi connectivity index (χ3v) is 5.83. The fourth-order valence-corrected chi connectivity index (χ4v) is 4.29. The summed E-state index contributed by atoms with van der Waals surface area (Å²) in [6, 6.07) is 10.2. The Morgan fingerprint density at radius 2 is 1.80 bits per heavy atom. The summed E-state index contributed by atoms with van der Waals surface area (Å²) in [7, 11) is 0. The molecule has 0 saturated heterocycles. The Balaban J connectivity index is 1.60. The van der Waals surface area contributed by atoms with E-state index in [0.717, 1.165) is 17.2 Å². The van der Waals surface area contributed by atoms with Crippen molar-refractivity contribution >= 4 is 11.6 Å². The Hall–Kier alpha value is -1.54. The van der Waals surface area contributed by atoms with Crippen LogP contribution in [0.5, 0.6) is 5.75 Å². The van der Waals surface area contributed by atoms with Crippen molar-refractivity contribution in [3.63, 3.8) is 0 Å². The van der Waals surface area contributed by atoms with Gasteiger partial charge in [-0.05, 0) is 43.1 Å². The average molecular weight is 358 g/mol. The molecule has 1 aromatic carbocycles. The molecule has 1 heterocycles. The number of hydrogen-bond donors (Lipinski definition) is 1. The average Bonchev–Trinajstić information content (AvgIpc) is 2.63. The highest BCUT2D eigenvalue weighted by Crippen LogP contribution is 2.38. The summed E-state index contributed by atoms with van der Waals surface area (Å²) in [5.41, 5.74) is 3.17. The maximum atomic E-state index is 9.44. The van der Waals surface area contributed by atoms with E-state index in [2.05, 4.69) is 36.2 Å². The van der Waals surface area contributed by atoms with E-state index in [1.807, 2.05) is 0 Å². The van der Waals surface area contributed by atoms with Crippen molar-refractivity contribution in [2.24, 2.45) is 5.92 Å². The molecule has 0 aliphatic heterocycles. The van der Waals surface area contributed by atoms with Crippen molar-refractivity contribution in [1.29, 1.82) is 0 Å². The Labute approximate surface area is 156 Å². The largest absolute Gasteiger partial charge is 0.506 e. The first-order chi connectivity index (χ1) is 12.2. The van der Waals surface area contributed by atoms with Gasteiger partial charge in [0.15, 0.2) is 0 Å². The molecule has 2 aromatic rings. The van der Waals surface area contributed by atoms with Crippen LogP contribution < -0.4 is 0 Å². The third kappa shape index (κ3) is 4.76. The molecule has 1 aromatic heterocycles. The van der Waals surface area contributed by atoms with Crippen LogP contribution >= 0.6 is 11.6 Å². The van der Waals surface area contributed by atoms with Crippen LogP contribution in [-0.4, -0.2) is 10.1 Å². The van der Waals surface area contributed by atoms with E-state index in [1.54, 1.807) is 0 Å². The van der Waals surface area contributed by atoms with E-state index in [4.69, 9.17) is 11.6 Å². The molecule has 3 heteroatoms. The van der Waals surface area contributed by atoms with Crippen molar-refractivity contribution < 1.29 is 5.11 Å². The predicted octanol–water partition coefficient (Wildman–Crippen LogP) is 6.96. The Morgan fingerprint density at radius 3 is 2.44 bits per heavy atom. The first-order valence-corrected chi connectivity index (χ1v) is 10.00. The number of aromatic hydroxyl groups is 1. The molecule has 2 nitrogen and oxygen atoms in total.